The van der Waals surface area contributed by atoms with Crippen molar-refractivity contribution >= 4 is 11.9 Å². The fourth-order valence-electron chi connectivity index (χ4n) is 2.45. The van der Waals surface area contributed by atoms with Crippen molar-refractivity contribution in [1.29, 1.82) is 0 Å². The summed E-state index contributed by atoms with van der Waals surface area (Å²) in [7, 11) is 0. The minimum atomic E-state index is -2.33. The molecule has 0 aliphatic carbocycles. The number of carbonyl (C=O) groups excluding carboxylic acids is 2. The molecule has 1 N–H and O–H groups in total. The Morgan fingerprint density at radius 3 is 1.75 bits per heavy atom. The summed E-state index contributed by atoms with van der Waals surface area (Å²) in [4.78, 5) is 24.1. The molecule has 32 heavy (non-hydrogen) atoms. The zero-order chi connectivity index (χ0) is 23.5. The number of carbonyl (C=O) groups is 2. The summed E-state index contributed by atoms with van der Waals surface area (Å²) in [6.45, 7) is 5.75. The largest absolute Gasteiger partial charge is 0.466 e. The third kappa shape index (κ3) is 13.9. The first-order chi connectivity index (χ1) is 15.5. The van der Waals surface area contributed by atoms with Crippen LogP contribution in [0, 0.1) is 0 Å². The maximum atomic E-state index is 12.3. The van der Waals surface area contributed by atoms with Gasteiger partial charge in [0.15, 0.2) is 6.10 Å². The van der Waals surface area contributed by atoms with Crippen LogP contribution in [0.15, 0.2) is 0 Å². The van der Waals surface area contributed by atoms with E-state index in [9.17, 15) is 14.7 Å². The molecule has 2 unspecified atom stereocenters. The van der Waals surface area contributed by atoms with Gasteiger partial charge < -0.3 is 47.7 Å². The van der Waals surface area contributed by atoms with Gasteiger partial charge in [0.25, 0.3) is 0 Å². The molecule has 1 heterocycles. The van der Waals surface area contributed by atoms with Crippen LogP contribution in [0.5, 0.6) is 0 Å². The quantitative estimate of drug-likeness (QED) is 0.386. The minimum Gasteiger partial charge on any atom is -0.466 e. The number of ether oxygens (including phenoxy) is 9. The Labute approximate surface area is 188 Å². The van der Waals surface area contributed by atoms with Crippen LogP contribution in [-0.4, -0.2) is 115 Å². The number of hydrogen-bond donors (Lipinski definition) is 1. The fraction of sp³-hybridized carbons (Fsp3) is 0.900. The molecule has 12 nitrogen and oxygen atoms in total. The predicted octanol–water partition coefficient (Wildman–Crippen LogP) is -0.353. The normalized spacial score (nSPS) is 24.0. The molecule has 0 bridgehead atoms. The van der Waals surface area contributed by atoms with Gasteiger partial charge in [-0.05, 0) is 13.8 Å². The molecule has 12 heteroatoms. The molecule has 2 atom stereocenters. The van der Waals surface area contributed by atoms with Gasteiger partial charge in [-0.2, -0.15) is 0 Å². The van der Waals surface area contributed by atoms with Crippen LogP contribution in [0.2, 0.25) is 0 Å². The summed E-state index contributed by atoms with van der Waals surface area (Å²) in [6, 6.07) is 0. The first kappa shape index (κ1) is 28.7. The van der Waals surface area contributed by atoms with E-state index in [0.717, 1.165) is 0 Å². The van der Waals surface area contributed by atoms with Crippen LogP contribution in [0.25, 0.3) is 0 Å². The summed E-state index contributed by atoms with van der Waals surface area (Å²) in [5, 5.41) is 10.8. The highest BCUT2D eigenvalue weighted by atomic mass is 16.8. The van der Waals surface area contributed by atoms with Crippen molar-refractivity contribution in [2.75, 3.05) is 85.9 Å². The smallest absolute Gasteiger partial charge is 0.336 e. The molecule has 1 saturated heterocycles. The Balaban J connectivity index is 2.73. The Hall–Kier alpha value is -1.38. The van der Waals surface area contributed by atoms with E-state index in [1.54, 1.807) is 13.8 Å². The topological polar surface area (TPSA) is 137 Å². The van der Waals surface area contributed by atoms with Crippen molar-refractivity contribution in [1.82, 2.24) is 0 Å². The summed E-state index contributed by atoms with van der Waals surface area (Å²) >= 11 is 0. The van der Waals surface area contributed by atoms with Crippen molar-refractivity contribution in [3.8, 4) is 0 Å². The Kier molecular flexibility index (Phi) is 16.2. The van der Waals surface area contributed by atoms with Crippen molar-refractivity contribution in [3.05, 3.63) is 0 Å². The third-order valence-electron chi connectivity index (χ3n) is 3.86. The fourth-order valence-corrected chi connectivity index (χ4v) is 2.45. The number of esters is 2. The molecule has 0 aromatic carbocycles. The molecule has 1 fully saturated rings. The van der Waals surface area contributed by atoms with E-state index in [2.05, 4.69) is 0 Å². The first-order valence-corrected chi connectivity index (χ1v) is 10.8. The average molecular weight is 468 g/mol. The van der Waals surface area contributed by atoms with E-state index in [4.69, 9.17) is 42.6 Å². The van der Waals surface area contributed by atoms with Crippen LogP contribution in [-0.2, 0) is 52.2 Å². The Morgan fingerprint density at radius 2 is 1.25 bits per heavy atom. The number of aliphatic hydroxyl groups is 1. The Bertz CT molecular complexity index is 483. The van der Waals surface area contributed by atoms with Gasteiger partial charge in [-0.15, -0.1) is 0 Å². The number of hydrogen-bond acceptors (Lipinski definition) is 12. The molecule has 0 aromatic heterocycles. The monoisotopic (exact) mass is 468 g/mol. The lowest BCUT2D eigenvalue weighted by Crippen LogP contribution is -2.47. The maximum Gasteiger partial charge on any atom is 0.336 e. The van der Waals surface area contributed by atoms with Gasteiger partial charge in [0, 0.05) is 0 Å². The predicted molar refractivity (Wildman–Crippen MR) is 108 cm³/mol. The summed E-state index contributed by atoms with van der Waals surface area (Å²) in [5.41, 5.74) is 0. The summed E-state index contributed by atoms with van der Waals surface area (Å²) in [6.07, 6.45) is -1.92. The van der Waals surface area contributed by atoms with Crippen molar-refractivity contribution in [3.63, 3.8) is 0 Å². The zero-order valence-electron chi connectivity index (χ0n) is 18.9. The van der Waals surface area contributed by atoms with E-state index in [-0.39, 0.29) is 39.6 Å². The molecular weight excluding hydrogens is 432 g/mol. The molecule has 1 aliphatic heterocycles. The third-order valence-corrected chi connectivity index (χ3v) is 3.86. The van der Waals surface area contributed by atoms with Gasteiger partial charge in [0.1, 0.15) is 6.61 Å². The molecule has 188 valence electrons. The lowest BCUT2D eigenvalue weighted by Gasteiger charge is -2.31. The molecule has 1 rings (SSSR count). The summed E-state index contributed by atoms with van der Waals surface area (Å²) < 4.78 is 47.5. The Morgan fingerprint density at radius 1 is 0.781 bits per heavy atom. The second-order valence-electron chi connectivity index (χ2n) is 6.43. The van der Waals surface area contributed by atoms with Crippen molar-refractivity contribution < 1.29 is 57.3 Å². The van der Waals surface area contributed by atoms with E-state index >= 15 is 0 Å². The van der Waals surface area contributed by atoms with Gasteiger partial charge in [-0.3, -0.25) is 4.79 Å². The SMILES string of the molecule is CCOC(=O)CC(OC1(O)COCCOCCOCCOCCOCCO1)C(=O)OCC. The van der Waals surface area contributed by atoms with Crippen LogP contribution in [0.3, 0.4) is 0 Å². The van der Waals surface area contributed by atoms with Crippen molar-refractivity contribution in [2.45, 2.75) is 32.3 Å². The second kappa shape index (κ2) is 18.1. The highest BCUT2D eigenvalue weighted by Gasteiger charge is 2.38. The molecule has 0 radical (unpaired) electrons. The maximum absolute atomic E-state index is 12.3. The highest BCUT2D eigenvalue weighted by Crippen LogP contribution is 2.17. The van der Waals surface area contributed by atoms with Crippen LogP contribution >= 0.6 is 0 Å². The molecule has 0 aromatic rings. The first-order valence-electron chi connectivity index (χ1n) is 10.8. The van der Waals surface area contributed by atoms with Crippen LogP contribution in [0.1, 0.15) is 20.3 Å². The minimum absolute atomic E-state index is 0.0638. The lowest BCUT2D eigenvalue weighted by molar-refractivity contribution is -0.388. The second-order valence-corrected chi connectivity index (χ2v) is 6.43. The van der Waals surface area contributed by atoms with Gasteiger partial charge >= 0.3 is 17.9 Å². The van der Waals surface area contributed by atoms with E-state index < -0.39 is 37.0 Å². The zero-order valence-corrected chi connectivity index (χ0v) is 18.9. The van der Waals surface area contributed by atoms with Gasteiger partial charge in [0.2, 0.25) is 0 Å². The average Bonchev–Trinajstić information content (AvgIpc) is 2.75. The van der Waals surface area contributed by atoms with E-state index in [1.807, 2.05) is 0 Å². The molecule has 0 amide bonds. The van der Waals surface area contributed by atoms with E-state index in [1.165, 1.54) is 0 Å². The molecule has 1 aliphatic rings. The van der Waals surface area contributed by atoms with Crippen LogP contribution < -0.4 is 0 Å². The van der Waals surface area contributed by atoms with Gasteiger partial charge in [-0.25, -0.2) is 4.79 Å². The highest BCUT2D eigenvalue weighted by molar-refractivity contribution is 5.81. The van der Waals surface area contributed by atoms with Gasteiger partial charge in [-0.1, -0.05) is 0 Å². The van der Waals surface area contributed by atoms with Gasteiger partial charge in [0.05, 0.1) is 85.7 Å². The molecule has 0 saturated carbocycles. The van der Waals surface area contributed by atoms with E-state index in [0.29, 0.717) is 39.6 Å². The molecular formula is C20H36O12. The lowest BCUT2D eigenvalue weighted by atomic mass is 10.2. The standard InChI is InChI=1S/C20H36O12/c1-3-29-18(21)15-17(19(22)30-4-2)32-20(23)16-28-12-11-26-8-7-24-5-6-25-9-10-27-13-14-31-20/h17,23H,3-16H2,1-2H3. The molecule has 0 spiro atoms. The van der Waals surface area contributed by atoms with Crippen molar-refractivity contribution in [2.24, 2.45) is 0 Å². The van der Waals surface area contributed by atoms with Crippen LogP contribution in [0.4, 0.5) is 0 Å². The summed E-state index contributed by atoms with van der Waals surface area (Å²) in [5.74, 6) is -3.86. The number of rotatable bonds is 7.